The van der Waals surface area contributed by atoms with Gasteiger partial charge in [-0.2, -0.15) is 0 Å². The molecule has 136 valence electrons. The Bertz CT molecular complexity index is 982. The summed E-state index contributed by atoms with van der Waals surface area (Å²) in [5.41, 5.74) is 2.24. The van der Waals surface area contributed by atoms with Crippen LogP contribution in [-0.2, 0) is 21.2 Å². The minimum absolute atomic E-state index is 0.0661. The normalized spacial score (nSPS) is 13.5. The maximum Gasteiger partial charge on any atom is 0.261 e. The molecule has 0 bridgehead atoms. The van der Waals surface area contributed by atoms with E-state index in [4.69, 9.17) is 0 Å². The molecule has 1 N–H and O–H groups in total. The molecule has 0 spiro atoms. The van der Waals surface area contributed by atoms with Crippen molar-refractivity contribution in [3.05, 3.63) is 53.6 Å². The van der Waals surface area contributed by atoms with Crippen LogP contribution in [0.25, 0.3) is 0 Å². The lowest BCUT2D eigenvalue weighted by molar-refractivity contribution is -0.117. The summed E-state index contributed by atoms with van der Waals surface area (Å²) in [5.74, 6) is -0.226. The number of hydrogen-bond acceptors (Lipinski definition) is 4. The second-order valence-electron chi connectivity index (χ2n) is 6.30. The SMILES string of the molecule is CN(C)C(=O)c1ccc(NS(=O)(=O)c2ccc3c(c2)CC(=O)N3C)cc1. The number of nitrogens with one attached hydrogen (secondary N) is 1. The summed E-state index contributed by atoms with van der Waals surface area (Å²) in [6, 6.07) is 10.8. The van der Waals surface area contributed by atoms with E-state index in [1.807, 2.05) is 0 Å². The summed E-state index contributed by atoms with van der Waals surface area (Å²) in [6.45, 7) is 0. The molecule has 8 heteroatoms. The van der Waals surface area contributed by atoms with Gasteiger partial charge in [0.1, 0.15) is 0 Å². The van der Waals surface area contributed by atoms with Crippen LogP contribution in [0.15, 0.2) is 47.4 Å². The van der Waals surface area contributed by atoms with Crippen molar-refractivity contribution < 1.29 is 18.0 Å². The van der Waals surface area contributed by atoms with Crippen molar-refractivity contribution >= 4 is 33.2 Å². The van der Waals surface area contributed by atoms with E-state index >= 15 is 0 Å². The number of benzene rings is 2. The van der Waals surface area contributed by atoms with Crippen molar-refractivity contribution in [3.63, 3.8) is 0 Å². The van der Waals surface area contributed by atoms with E-state index < -0.39 is 10.0 Å². The molecule has 0 unspecified atom stereocenters. The van der Waals surface area contributed by atoms with Gasteiger partial charge in [0.2, 0.25) is 5.91 Å². The average molecular weight is 373 g/mol. The van der Waals surface area contributed by atoms with Gasteiger partial charge in [-0.25, -0.2) is 8.42 Å². The van der Waals surface area contributed by atoms with Gasteiger partial charge in [-0.05, 0) is 48.0 Å². The van der Waals surface area contributed by atoms with Crippen LogP contribution in [-0.4, -0.2) is 46.3 Å². The third kappa shape index (κ3) is 3.28. The molecule has 1 heterocycles. The lowest BCUT2D eigenvalue weighted by Gasteiger charge is -2.13. The minimum Gasteiger partial charge on any atom is -0.345 e. The zero-order valence-electron chi connectivity index (χ0n) is 14.7. The van der Waals surface area contributed by atoms with Crippen LogP contribution >= 0.6 is 0 Å². The minimum atomic E-state index is -3.79. The van der Waals surface area contributed by atoms with Gasteiger partial charge in [0.05, 0.1) is 11.3 Å². The fourth-order valence-corrected chi connectivity index (χ4v) is 3.88. The van der Waals surface area contributed by atoms with Gasteiger partial charge in [-0.15, -0.1) is 0 Å². The summed E-state index contributed by atoms with van der Waals surface area (Å²) in [7, 11) is 1.16. The Hall–Kier alpha value is -2.87. The first-order valence-corrected chi connectivity index (χ1v) is 9.41. The highest BCUT2D eigenvalue weighted by Gasteiger charge is 2.26. The summed E-state index contributed by atoms with van der Waals surface area (Å²) in [6.07, 6.45) is 0.191. The molecule has 2 aromatic carbocycles. The Balaban J connectivity index is 1.83. The predicted octanol–water partition coefficient (Wildman–Crippen LogP) is 1.71. The second-order valence-corrected chi connectivity index (χ2v) is 7.98. The first-order valence-electron chi connectivity index (χ1n) is 7.93. The van der Waals surface area contributed by atoms with E-state index in [9.17, 15) is 18.0 Å². The van der Waals surface area contributed by atoms with E-state index in [0.717, 1.165) is 5.69 Å². The molecule has 0 radical (unpaired) electrons. The maximum absolute atomic E-state index is 12.6. The summed E-state index contributed by atoms with van der Waals surface area (Å²) >= 11 is 0. The molecule has 1 aliphatic rings. The molecular weight excluding hydrogens is 354 g/mol. The van der Waals surface area contributed by atoms with E-state index in [0.29, 0.717) is 16.8 Å². The highest BCUT2D eigenvalue weighted by Crippen LogP contribution is 2.30. The number of rotatable bonds is 4. The number of fused-ring (bicyclic) bond motifs is 1. The molecular formula is C18H19N3O4S. The molecule has 0 aliphatic carbocycles. The third-order valence-electron chi connectivity index (χ3n) is 4.23. The number of carbonyl (C=O) groups is 2. The fourth-order valence-electron chi connectivity index (χ4n) is 2.77. The number of sulfonamides is 1. The van der Waals surface area contributed by atoms with Gasteiger partial charge in [0.25, 0.3) is 15.9 Å². The first-order chi connectivity index (χ1) is 12.2. The number of likely N-dealkylation sites (N-methyl/N-ethyl adjacent to an activating group) is 1. The van der Waals surface area contributed by atoms with Gasteiger partial charge in [0, 0.05) is 38.1 Å². The van der Waals surface area contributed by atoms with Gasteiger partial charge in [0.15, 0.2) is 0 Å². The number of anilines is 2. The van der Waals surface area contributed by atoms with Gasteiger partial charge >= 0.3 is 0 Å². The maximum atomic E-state index is 12.6. The summed E-state index contributed by atoms with van der Waals surface area (Å²) in [4.78, 5) is 26.7. The number of nitrogens with zero attached hydrogens (tertiary/aromatic N) is 2. The molecule has 2 amide bonds. The van der Waals surface area contributed by atoms with E-state index in [1.54, 1.807) is 51.5 Å². The van der Waals surface area contributed by atoms with Crippen LogP contribution in [0.3, 0.4) is 0 Å². The van der Waals surface area contributed by atoms with Crippen LogP contribution < -0.4 is 9.62 Å². The molecule has 7 nitrogen and oxygen atoms in total. The fraction of sp³-hybridized carbons (Fsp3) is 0.222. The quantitative estimate of drug-likeness (QED) is 0.884. The molecule has 3 rings (SSSR count). The smallest absolute Gasteiger partial charge is 0.261 e. The molecule has 1 aliphatic heterocycles. The van der Waals surface area contributed by atoms with Crippen molar-refractivity contribution in [2.75, 3.05) is 30.8 Å². The largest absolute Gasteiger partial charge is 0.345 e. The molecule has 0 saturated heterocycles. The van der Waals surface area contributed by atoms with Crippen molar-refractivity contribution in [2.45, 2.75) is 11.3 Å². The lowest BCUT2D eigenvalue weighted by atomic mass is 10.2. The van der Waals surface area contributed by atoms with Crippen LogP contribution in [0.5, 0.6) is 0 Å². The van der Waals surface area contributed by atoms with Crippen LogP contribution in [0.4, 0.5) is 11.4 Å². The molecule has 0 atom stereocenters. The molecule has 0 aromatic heterocycles. The summed E-state index contributed by atoms with van der Waals surface area (Å²) in [5, 5.41) is 0. The summed E-state index contributed by atoms with van der Waals surface area (Å²) < 4.78 is 27.7. The van der Waals surface area contributed by atoms with Crippen molar-refractivity contribution in [2.24, 2.45) is 0 Å². The zero-order valence-corrected chi connectivity index (χ0v) is 15.5. The molecule has 2 aromatic rings. The predicted molar refractivity (Wildman–Crippen MR) is 98.8 cm³/mol. The van der Waals surface area contributed by atoms with Crippen molar-refractivity contribution in [3.8, 4) is 0 Å². The molecule has 0 fully saturated rings. The third-order valence-corrected chi connectivity index (χ3v) is 5.61. The number of amides is 2. The topological polar surface area (TPSA) is 86.8 Å². The van der Waals surface area contributed by atoms with Gasteiger partial charge in [-0.1, -0.05) is 0 Å². The first kappa shape index (κ1) is 17.9. The zero-order chi connectivity index (χ0) is 19.1. The standard InChI is InChI=1S/C18H19N3O4S/c1-20(2)18(23)12-4-6-14(7-5-12)19-26(24,25)15-8-9-16-13(10-15)11-17(22)21(16)3/h4-10,19H,11H2,1-3H3. The van der Waals surface area contributed by atoms with Crippen LogP contribution in [0.2, 0.25) is 0 Å². The monoisotopic (exact) mass is 373 g/mol. The Labute approximate surface area is 152 Å². The van der Waals surface area contributed by atoms with Gasteiger partial charge in [-0.3, -0.25) is 14.3 Å². The average Bonchev–Trinajstić information content (AvgIpc) is 2.88. The highest BCUT2D eigenvalue weighted by atomic mass is 32.2. The van der Waals surface area contributed by atoms with E-state index in [-0.39, 0.29) is 23.1 Å². The molecule has 26 heavy (non-hydrogen) atoms. The lowest BCUT2D eigenvalue weighted by Crippen LogP contribution is -2.21. The van der Waals surface area contributed by atoms with E-state index in [1.165, 1.54) is 21.9 Å². The Morgan fingerprint density at radius 3 is 2.38 bits per heavy atom. The van der Waals surface area contributed by atoms with E-state index in [2.05, 4.69) is 4.72 Å². The Kier molecular flexibility index (Phi) is 4.45. The van der Waals surface area contributed by atoms with Crippen molar-refractivity contribution in [1.29, 1.82) is 0 Å². The molecule has 0 saturated carbocycles. The number of hydrogen-bond donors (Lipinski definition) is 1. The Morgan fingerprint density at radius 2 is 1.77 bits per heavy atom. The van der Waals surface area contributed by atoms with Crippen LogP contribution in [0.1, 0.15) is 15.9 Å². The number of carbonyl (C=O) groups excluding carboxylic acids is 2. The van der Waals surface area contributed by atoms with Crippen LogP contribution in [0, 0.1) is 0 Å². The second kappa shape index (κ2) is 6.45. The Morgan fingerprint density at radius 1 is 1.12 bits per heavy atom. The highest BCUT2D eigenvalue weighted by molar-refractivity contribution is 7.92. The van der Waals surface area contributed by atoms with Gasteiger partial charge < -0.3 is 9.80 Å². The van der Waals surface area contributed by atoms with Crippen molar-refractivity contribution in [1.82, 2.24) is 4.90 Å².